The quantitative estimate of drug-likeness (QED) is 0.0196. The Labute approximate surface area is 561 Å². The van der Waals surface area contributed by atoms with Gasteiger partial charge in [-0.2, -0.15) is 0 Å². The van der Waals surface area contributed by atoms with Crippen molar-refractivity contribution in [2.45, 2.75) is 196 Å². The van der Waals surface area contributed by atoms with Gasteiger partial charge in [-0.05, 0) is 116 Å². The normalized spacial score (nSPS) is 16.3. The van der Waals surface area contributed by atoms with Crippen LogP contribution in [0.3, 0.4) is 0 Å². The van der Waals surface area contributed by atoms with Gasteiger partial charge in [0.1, 0.15) is 41.7 Å². The van der Waals surface area contributed by atoms with Crippen molar-refractivity contribution in [3.8, 4) is 15.4 Å². The van der Waals surface area contributed by atoms with Crippen molar-refractivity contribution in [2.75, 3.05) is 59.3 Å². The first kappa shape index (κ1) is 74.6. The van der Waals surface area contributed by atoms with Gasteiger partial charge in [0.25, 0.3) is 0 Å². The number of aryl methyl sites for hydroxylation is 3. The molecule has 22 nitrogen and oxygen atoms in total. The molecule has 5 aromatic rings. The first-order valence-electron chi connectivity index (χ1n) is 32.1. The van der Waals surface area contributed by atoms with Crippen molar-refractivity contribution in [2.24, 2.45) is 10.4 Å². The molecule has 2 aliphatic heterocycles. The number of thiophene rings is 1. The number of esters is 1. The number of aromatic nitrogens is 4. The molecular formula is C67H95ClN9O13PS2. The van der Waals surface area contributed by atoms with Gasteiger partial charge in [0, 0.05) is 47.0 Å². The van der Waals surface area contributed by atoms with Crippen LogP contribution in [0.2, 0.25) is 5.02 Å². The zero-order chi connectivity index (χ0) is 67.7. The van der Waals surface area contributed by atoms with Crippen LogP contribution in [0.25, 0.3) is 15.4 Å². The lowest BCUT2D eigenvalue weighted by molar-refractivity contribution is -0.150. The Kier molecular flexibility index (Phi) is 27.5. The van der Waals surface area contributed by atoms with E-state index < -0.39 is 72.4 Å². The molecule has 0 radical (unpaired) electrons. The topological polar surface area (TPSA) is 262 Å². The molecule has 4 amide bonds. The van der Waals surface area contributed by atoms with E-state index >= 15 is 0 Å². The summed E-state index contributed by atoms with van der Waals surface area (Å²) in [7, 11) is -3.76. The molecule has 3 N–H and O–H groups in total. The molecule has 5 heterocycles. The van der Waals surface area contributed by atoms with Crippen LogP contribution in [0.1, 0.15) is 177 Å². The Morgan fingerprint density at radius 3 is 2.00 bits per heavy atom. The van der Waals surface area contributed by atoms with Gasteiger partial charge < -0.3 is 39.8 Å². The molecule has 26 heteroatoms. The van der Waals surface area contributed by atoms with Crippen molar-refractivity contribution in [1.82, 2.24) is 40.6 Å². The lowest BCUT2D eigenvalue weighted by Crippen LogP contribution is -2.58. The molecular weight excluding hydrogens is 1270 g/mol. The van der Waals surface area contributed by atoms with Crippen molar-refractivity contribution in [3.05, 3.63) is 104 Å². The molecule has 93 heavy (non-hydrogen) atoms. The number of nitrogens with one attached hydrogen (secondary N) is 3. The number of phosphoric ester groups is 1. The minimum Gasteiger partial charge on any atom is -0.460 e. The Bertz CT molecular complexity index is 3370. The first-order chi connectivity index (χ1) is 44.0. The third-order valence-corrected chi connectivity index (χ3v) is 19.8. The summed E-state index contributed by atoms with van der Waals surface area (Å²) in [5, 5.41) is 19.2. The summed E-state index contributed by atoms with van der Waals surface area (Å²) in [5.74, 6) is -0.764. The van der Waals surface area contributed by atoms with Gasteiger partial charge >= 0.3 is 13.8 Å². The molecule has 7 rings (SSSR count). The summed E-state index contributed by atoms with van der Waals surface area (Å²) in [6, 6.07) is 12.7. The second kappa shape index (κ2) is 34.2. The highest BCUT2D eigenvalue weighted by Gasteiger charge is 2.46. The molecule has 0 bridgehead atoms. The van der Waals surface area contributed by atoms with Gasteiger partial charge in [0.2, 0.25) is 23.6 Å². The molecule has 0 saturated carbocycles. The van der Waals surface area contributed by atoms with Crippen molar-refractivity contribution in [1.29, 1.82) is 0 Å². The van der Waals surface area contributed by atoms with Gasteiger partial charge in [-0.15, -0.1) is 32.9 Å². The SMILES string of the molecule is Cc1ncsc1-c1ccc(CNC(=O)[C@@H]2C[C@@H](OC(=O)CCCCCCCCCOP(=O)(OC(C)(C)C)OC(C)(C)C)CN2C(=O)[C@@H](NC(=O)COCCOCCOCCNC(=O)C[C@@H]2N=C(c3ccc(Cl)cc3)c3c(sc(C)c3C)-n3c(C)nnc32)C(C)(C)C)cc1. The van der Waals surface area contributed by atoms with Crippen LogP contribution in [0.4, 0.5) is 0 Å². The Morgan fingerprint density at radius 2 is 1.37 bits per heavy atom. The van der Waals surface area contributed by atoms with E-state index in [0.717, 1.165) is 86.1 Å². The monoisotopic (exact) mass is 1360 g/mol. The van der Waals surface area contributed by atoms with Crippen LogP contribution in [0.15, 0.2) is 59.0 Å². The number of ether oxygens (including phenoxy) is 4. The first-order valence-corrected chi connectivity index (χ1v) is 35.6. The summed E-state index contributed by atoms with van der Waals surface area (Å²) in [6.07, 6.45) is 5.33. The average molecular weight is 1370 g/mol. The van der Waals surface area contributed by atoms with E-state index in [4.69, 9.17) is 49.1 Å². The maximum Gasteiger partial charge on any atom is 0.475 e. The number of benzene rings is 2. The number of unbranched alkanes of at least 4 members (excludes halogenated alkanes) is 6. The number of phosphoric acid groups is 1. The number of rotatable bonds is 34. The van der Waals surface area contributed by atoms with Gasteiger partial charge in [-0.3, -0.25) is 47.1 Å². The smallest absolute Gasteiger partial charge is 0.460 e. The summed E-state index contributed by atoms with van der Waals surface area (Å²) >= 11 is 9.46. The highest BCUT2D eigenvalue weighted by molar-refractivity contribution is 7.48. The van der Waals surface area contributed by atoms with Crippen molar-refractivity contribution in [3.63, 3.8) is 0 Å². The Hall–Kier alpha value is -5.79. The van der Waals surface area contributed by atoms with Crippen LogP contribution in [-0.2, 0) is 67.6 Å². The lowest BCUT2D eigenvalue weighted by atomic mass is 9.85. The molecule has 1 fully saturated rings. The number of fused-ring (bicyclic) bond motifs is 3. The lowest BCUT2D eigenvalue weighted by Gasteiger charge is -2.35. The minimum absolute atomic E-state index is 0.0325. The number of amides is 4. The zero-order valence-corrected chi connectivity index (χ0v) is 59.6. The third-order valence-electron chi connectivity index (χ3n) is 15.3. The maximum atomic E-state index is 14.7. The summed E-state index contributed by atoms with van der Waals surface area (Å²) < 4.78 is 55.5. The standard InChI is InChI=1S/C67H95ClN9O13PS2/c1-43-45(3)93-64-57(43)58(48-26-28-50(68)29-27-48)72-52(61-75-74-46(4)77(61)64)38-54(78)69-30-32-84-33-34-85-35-36-86-41-55(79)73-60(65(5,6)7)63(82)76-40-51(37-53(76)62(81)70-39-47-22-24-49(25-23-47)59-44(2)71-42-92-59)88-56(80)21-19-17-15-14-16-18-20-31-87-91(83,89-66(8,9)10)90-67(11,12)13/h22-29,42,51-53,60H,14-21,30-41H2,1-13H3,(H,69,78)(H,70,81)(H,73,79)/t51-,52+,53+,60-/m1/s1. The molecule has 2 aliphatic rings. The van der Waals surface area contributed by atoms with Gasteiger partial charge in [-0.25, -0.2) is 9.55 Å². The Balaban J connectivity index is 0.829. The predicted molar refractivity (Wildman–Crippen MR) is 361 cm³/mol. The van der Waals surface area contributed by atoms with Crippen LogP contribution in [0.5, 0.6) is 0 Å². The molecule has 4 atom stereocenters. The molecule has 3 aromatic heterocycles. The molecule has 0 unspecified atom stereocenters. The number of hydrogen-bond donors (Lipinski definition) is 3. The van der Waals surface area contributed by atoms with Crippen LogP contribution >= 0.6 is 42.1 Å². The number of nitrogens with zero attached hydrogens (tertiary/aromatic N) is 6. The predicted octanol–water partition coefficient (Wildman–Crippen LogP) is 12.0. The molecule has 0 spiro atoms. The van der Waals surface area contributed by atoms with E-state index in [1.807, 2.05) is 87.7 Å². The van der Waals surface area contributed by atoms with Gasteiger partial charge in [0.05, 0.1) is 85.6 Å². The van der Waals surface area contributed by atoms with Gasteiger partial charge in [0.15, 0.2) is 5.82 Å². The molecule has 0 aliphatic carbocycles. The third kappa shape index (κ3) is 22.7. The van der Waals surface area contributed by atoms with E-state index in [1.54, 1.807) is 69.7 Å². The van der Waals surface area contributed by atoms with E-state index in [-0.39, 0.29) is 91.1 Å². The maximum absolute atomic E-state index is 14.7. The van der Waals surface area contributed by atoms with E-state index in [2.05, 4.69) is 45.0 Å². The second-order valence-corrected chi connectivity index (χ2v) is 30.6. The van der Waals surface area contributed by atoms with E-state index in [9.17, 15) is 28.5 Å². The fraction of sp³-hybridized carbons (Fsp3) is 0.597. The number of thiazole rings is 1. The molecule has 1 saturated heterocycles. The van der Waals surface area contributed by atoms with Crippen LogP contribution in [0, 0.1) is 33.1 Å². The van der Waals surface area contributed by atoms with Crippen LogP contribution < -0.4 is 16.0 Å². The van der Waals surface area contributed by atoms with E-state index in [0.29, 0.717) is 29.5 Å². The number of carbonyl (C=O) groups is 5. The van der Waals surface area contributed by atoms with Crippen LogP contribution in [-0.4, -0.2) is 149 Å². The summed E-state index contributed by atoms with van der Waals surface area (Å²) in [4.78, 5) is 82.2. The summed E-state index contributed by atoms with van der Waals surface area (Å²) in [5.41, 5.74) is 6.15. The Morgan fingerprint density at radius 1 is 0.742 bits per heavy atom. The second-order valence-electron chi connectivity index (χ2n) is 26.6. The highest BCUT2D eigenvalue weighted by Crippen LogP contribution is 2.55. The number of hydrogen-bond acceptors (Lipinski definition) is 19. The fourth-order valence-electron chi connectivity index (χ4n) is 10.7. The van der Waals surface area contributed by atoms with Crippen molar-refractivity contribution < 1.29 is 61.1 Å². The fourth-order valence-corrected chi connectivity index (χ4v) is 14.7. The number of likely N-dealkylation sites (tertiary alicyclic amines) is 1. The number of halogens is 1. The minimum atomic E-state index is -3.76. The molecule has 510 valence electrons. The number of carbonyl (C=O) groups excluding carboxylic acids is 5. The van der Waals surface area contributed by atoms with E-state index in [1.165, 1.54) is 4.90 Å². The highest BCUT2D eigenvalue weighted by atomic mass is 35.5. The average Bonchev–Trinajstić information content (AvgIpc) is 1.60. The van der Waals surface area contributed by atoms with Gasteiger partial charge in [-0.1, -0.05) is 101 Å². The molecule has 2 aromatic carbocycles. The largest absolute Gasteiger partial charge is 0.475 e. The zero-order valence-electron chi connectivity index (χ0n) is 56.3. The summed E-state index contributed by atoms with van der Waals surface area (Å²) in [6.45, 7) is 25.6. The van der Waals surface area contributed by atoms with Crippen molar-refractivity contribution >= 4 is 77.4 Å². The number of aliphatic imine (C=N–C) groups is 1.